The van der Waals surface area contributed by atoms with Crippen molar-refractivity contribution >= 4 is 23.2 Å². The Balaban J connectivity index is 2.47. The molecule has 1 heterocycles. The van der Waals surface area contributed by atoms with Crippen molar-refractivity contribution in [3.05, 3.63) is 16.4 Å². The Bertz CT molecular complexity index is 363. The zero-order valence-corrected chi connectivity index (χ0v) is 13.4. The zero-order valence-electron chi connectivity index (χ0n) is 11.9. The third kappa shape index (κ3) is 5.59. The van der Waals surface area contributed by atoms with E-state index in [0.717, 1.165) is 32.4 Å². The second-order valence-electron chi connectivity index (χ2n) is 4.47. The van der Waals surface area contributed by atoms with E-state index in [2.05, 4.69) is 40.6 Å². The second kappa shape index (κ2) is 8.67. The fourth-order valence-electron chi connectivity index (χ4n) is 2.36. The molecule has 0 saturated carbocycles. The number of hydrogen-bond acceptors (Lipinski definition) is 4. The van der Waals surface area contributed by atoms with Crippen LogP contribution >= 0.6 is 23.2 Å². The highest BCUT2D eigenvalue weighted by Gasteiger charge is 2.13. The SMILES string of the molecule is CCC(CCCc1nc(Cl)nc(Cl)n1)N(CC)CC. The van der Waals surface area contributed by atoms with Gasteiger partial charge in [-0.25, -0.2) is 9.97 Å². The maximum absolute atomic E-state index is 5.76. The van der Waals surface area contributed by atoms with Gasteiger partial charge in [0.25, 0.3) is 0 Å². The van der Waals surface area contributed by atoms with E-state index in [4.69, 9.17) is 23.2 Å². The molecule has 0 aliphatic rings. The molecule has 0 radical (unpaired) electrons. The Morgan fingerprint density at radius 1 is 1.00 bits per heavy atom. The molecule has 0 aliphatic heterocycles. The smallest absolute Gasteiger partial charge is 0.226 e. The lowest BCUT2D eigenvalue weighted by atomic mass is 10.1. The fraction of sp³-hybridized carbons (Fsp3) is 0.769. The summed E-state index contributed by atoms with van der Waals surface area (Å²) in [7, 11) is 0. The topological polar surface area (TPSA) is 41.9 Å². The summed E-state index contributed by atoms with van der Waals surface area (Å²) in [6.45, 7) is 8.84. The Hall–Kier alpha value is -0.450. The molecule has 108 valence electrons. The minimum atomic E-state index is 0.172. The van der Waals surface area contributed by atoms with E-state index in [1.165, 1.54) is 6.42 Å². The van der Waals surface area contributed by atoms with Crippen molar-refractivity contribution < 1.29 is 0 Å². The summed E-state index contributed by atoms with van der Waals surface area (Å²) in [6.07, 6.45) is 4.13. The Labute approximate surface area is 125 Å². The normalized spacial score (nSPS) is 12.9. The van der Waals surface area contributed by atoms with Gasteiger partial charge in [0.05, 0.1) is 0 Å². The molecule has 0 aliphatic carbocycles. The molecular weight excluding hydrogens is 283 g/mol. The van der Waals surface area contributed by atoms with E-state index in [0.29, 0.717) is 11.9 Å². The maximum atomic E-state index is 5.76. The molecule has 0 saturated heterocycles. The summed E-state index contributed by atoms with van der Waals surface area (Å²) in [5.74, 6) is 0.680. The number of aromatic nitrogens is 3. The Morgan fingerprint density at radius 3 is 2.05 bits per heavy atom. The summed E-state index contributed by atoms with van der Waals surface area (Å²) in [5.41, 5.74) is 0. The van der Waals surface area contributed by atoms with Crippen LogP contribution in [0.3, 0.4) is 0 Å². The molecule has 4 nitrogen and oxygen atoms in total. The number of nitrogens with zero attached hydrogens (tertiary/aromatic N) is 4. The highest BCUT2D eigenvalue weighted by atomic mass is 35.5. The third-order valence-electron chi connectivity index (χ3n) is 3.36. The van der Waals surface area contributed by atoms with E-state index in [1.807, 2.05) is 0 Å². The summed E-state index contributed by atoms with van der Waals surface area (Å²) >= 11 is 11.5. The summed E-state index contributed by atoms with van der Waals surface area (Å²) in [6, 6.07) is 0.628. The van der Waals surface area contributed by atoms with Crippen LogP contribution in [0, 0.1) is 0 Å². The van der Waals surface area contributed by atoms with Crippen molar-refractivity contribution in [3.63, 3.8) is 0 Å². The van der Waals surface area contributed by atoms with Crippen LogP contribution in [-0.2, 0) is 6.42 Å². The predicted molar refractivity (Wildman–Crippen MR) is 79.8 cm³/mol. The molecule has 1 aromatic heterocycles. The van der Waals surface area contributed by atoms with E-state index >= 15 is 0 Å². The van der Waals surface area contributed by atoms with Crippen LogP contribution in [0.25, 0.3) is 0 Å². The van der Waals surface area contributed by atoms with Gasteiger partial charge in [0, 0.05) is 12.5 Å². The molecular formula is C13H22Cl2N4. The van der Waals surface area contributed by atoms with E-state index < -0.39 is 0 Å². The molecule has 1 unspecified atom stereocenters. The fourth-order valence-corrected chi connectivity index (χ4v) is 2.76. The lowest BCUT2D eigenvalue weighted by Gasteiger charge is -2.28. The molecule has 0 N–H and O–H groups in total. The van der Waals surface area contributed by atoms with Gasteiger partial charge >= 0.3 is 0 Å². The van der Waals surface area contributed by atoms with Gasteiger partial charge in [-0.15, -0.1) is 0 Å². The van der Waals surface area contributed by atoms with Crippen LogP contribution in [0.15, 0.2) is 0 Å². The van der Waals surface area contributed by atoms with Gasteiger partial charge in [-0.3, -0.25) is 0 Å². The van der Waals surface area contributed by atoms with Crippen LogP contribution in [0.1, 0.15) is 45.9 Å². The molecule has 0 spiro atoms. The summed E-state index contributed by atoms with van der Waals surface area (Å²) in [5, 5.41) is 0.344. The highest BCUT2D eigenvalue weighted by Crippen LogP contribution is 2.14. The van der Waals surface area contributed by atoms with Crippen molar-refractivity contribution in [2.24, 2.45) is 0 Å². The van der Waals surface area contributed by atoms with Crippen molar-refractivity contribution in [1.82, 2.24) is 19.9 Å². The summed E-state index contributed by atoms with van der Waals surface area (Å²) in [4.78, 5) is 14.4. The van der Waals surface area contributed by atoms with Gasteiger partial charge in [0.1, 0.15) is 5.82 Å². The molecule has 0 fully saturated rings. The minimum Gasteiger partial charge on any atom is -0.301 e. The van der Waals surface area contributed by atoms with Crippen LogP contribution in [0.5, 0.6) is 0 Å². The molecule has 0 aromatic carbocycles. The first-order valence-corrected chi connectivity index (χ1v) is 7.66. The van der Waals surface area contributed by atoms with Gasteiger partial charge < -0.3 is 4.90 Å². The van der Waals surface area contributed by atoms with E-state index in [1.54, 1.807) is 0 Å². The Kier molecular flexibility index (Phi) is 7.57. The van der Waals surface area contributed by atoms with Gasteiger partial charge in [-0.05, 0) is 55.6 Å². The quantitative estimate of drug-likeness (QED) is 0.735. The molecule has 0 bridgehead atoms. The number of rotatable bonds is 8. The monoisotopic (exact) mass is 304 g/mol. The Morgan fingerprint density at radius 2 is 1.58 bits per heavy atom. The van der Waals surface area contributed by atoms with Crippen molar-refractivity contribution in [2.45, 2.75) is 52.5 Å². The van der Waals surface area contributed by atoms with Gasteiger partial charge in [0.15, 0.2) is 0 Å². The molecule has 6 heteroatoms. The lowest BCUT2D eigenvalue weighted by molar-refractivity contribution is 0.198. The van der Waals surface area contributed by atoms with Crippen molar-refractivity contribution in [1.29, 1.82) is 0 Å². The highest BCUT2D eigenvalue weighted by molar-refractivity contribution is 6.30. The largest absolute Gasteiger partial charge is 0.301 e. The molecule has 0 amide bonds. The first-order valence-electron chi connectivity index (χ1n) is 6.90. The molecule has 1 rings (SSSR count). The summed E-state index contributed by atoms with van der Waals surface area (Å²) < 4.78 is 0. The maximum Gasteiger partial charge on any atom is 0.226 e. The second-order valence-corrected chi connectivity index (χ2v) is 5.14. The van der Waals surface area contributed by atoms with Gasteiger partial charge in [-0.2, -0.15) is 4.98 Å². The standard InChI is InChI=1S/C13H22Cl2N4/c1-4-10(19(5-2)6-3)8-7-9-11-16-12(14)18-13(15)17-11/h10H,4-9H2,1-3H3. The van der Waals surface area contributed by atoms with Crippen LogP contribution in [0.4, 0.5) is 0 Å². The molecule has 1 aromatic rings. The van der Waals surface area contributed by atoms with Gasteiger partial charge in [0.2, 0.25) is 10.6 Å². The number of halogens is 2. The average Bonchev–Trinajstić information content (AvgIpc) is 2.37. The third-order valence-corrected chi connectivity index (χ3v) is 3.70. The predicted octanol–water partition coefficient (Wildman–Crippen LogP) is 3.62. The molecule has 19 heavy (non-hydrogen) atoms. The van der Waals surface area contributed by atoms with Gasteiger partial charge in [-0.1, -0.05) is 20.8 Å². The average molecular weight is 305 g/mol. The van der Waals surface area contributed by atoms with Crippen molar-refractivity contribution in [3.8, 4) is 0 Å². The first kappa shape index (κ1) is 16.6. The molecule has 1 atom stereocenters. The number of hydrogen-bond donors (Lipinski definition) is 0. The van der Waals surface area contributed by atoms with E-state index in [9.17, 15) is 0 Å². The number of aryl methyl sites for hydroxylation is 1. The zero-order chi connectivity index (χ0) is 14.3. The van der Waals surface area contributed by atoms with Crippen LogP contribution in [-0.4, -0.2) is 39.0 Å². The van der Waals surface area contributed by atoms with Crippen molar-refractivity contribution in [2.75, 3.05) is 13.1 Å². The van der Waals surface area contributed by atoms with E-state index in [-0.39, 0.29) is 10.6 Å². The van der Waals surface area contributed by atoms with Crippen LogP contribution in [0.2, 0.25) is 10.6 Å². The minimum absolute atomic E-state index is 0.172. The first-order chi connectivity index (χ1) is 9.10. The van der Waals surface area contributed by atoms with Crippen LogP contribution < -0.4 is 0 Å². The lowest BCUT2D eigenvalue weighted by Crippen LogP contribution is -2.34.